The molecule has 3 fully saturated rings. The zero-order valence-electron chi connectivity index (χ0n) is 14.0. The molecule has 0 atom stereocenters. The van der Waals surface area contributed by atoms with Crippen molar-refractivity contribution in [3.05, 3.63) is 23.5 Å². The summed E-state index contributed by atoms with van der Waals surface area (Å²) in [5.41, 5.74) is 3.40. The number of nitrogens with zero attached hydrogens (tertiary/aromatic N) is 3. The molecule has 4 nitrogen and oxygen atoms in total. The topological polar surface area (TPSA) is 42.2 Å². The van der Waals surface area contributed by atoms with Crippen molar-refractivity contribution in [2.75, 3.05) is 5.32 Å². The molecule has 0 aromatic carbocycles. The molecule has 0 amide bonds. The number of rotatable bonds is 5. The number of hydrogen-bond acceptors (Lipinski definition) is 3. The van der Waals surface area contributed by atoms with Crippen molar-refractivity contribution in [3.63, 3.8) is 0 Å². The van der Waals surface area contributed by atoms with Gasteiger partial charge in [-0.2, -0.15) is 9.61 Å². The maximum Gasteiger partial charge on any atom is 0.157 e. The van der Waals surface area contributed by atoms with Gasteiger partial charge in [-0.25, -0.2) is 4.98 Å². The normalized spacial score (nSPS) is 22.3. The Morgan fingerprint density at radius 2 is 1.74 bits per heavy atom. The number of fused-ring (bicyclic) bond motifs is 1. The van der Waals surface area contributed by atoms with Gasteiger partial charge in [0, 0.05) is 24.1 Å². The second-order valence-corrected chi connectivity index (χ2v) is 7.95. The first-order chi connectivity index (χ1) is 11.3. The molecule has 4 heteroatoms. The molecule has 2 heterocycles. The Hall–Kier alpha value is -1.58. The third-order valence-electron chi connectivity index (χ3n) is 5.88. The quantitative estimate of drug-likeness (QED) is 0.895. The summed E-state index contributed by atoms with van der Waals surface area (Å²) in [6.07, 6.45) is 10.9. The molecule has 0 radical (unpaired) electrons. The summed E-state index contributed by atoms with van der Waals surface area (Å²) in [7, 11) is 0. The average Bonchev–Trinajstić information content (AvgIpc) is 3.44. The van der Waals surface area contributed by atoms with Crippen LogP contribution in [0.3, 0.4) is 0 Å². The summed E-state index contributed by atoms with van der Waals surface area (Å²) < 4.78 is 2.02. The molecule has 2 aromatic rings. The Kier molecular flexibility index (Phi) is 3.14. The van der Waals surface area contributed by atoms with Gasteiger partial charge in [0.25, 0.3) is 0 Å². The van der Waals surface area contributed by atoms with Crippen LogP contribution in [-0.2, 0) is 0 Å². The summed E-state index contributed by atoms with van der Waals surface area (Å²) in [6.45, 7) is 2.06. The number of aromatic nitrogens is 3. The average molecular weight is 310 g/mol. The summed E-state index contributed by atoms with van der Waals surface area (Å²) in [5.74, 6) is 3.64. The monoisotopic (exact) mass is 310 g/mol. The van der Waals surface area contributed by atoms with Gasteiger partial charge in [-0.05, 0) is 57.3 Å². The third-order valence-corrected chi connectivity index (χ3v) is 5.88. The minimum Gasteiger partial charge on any atom is -0.367 e. The summed E-state index contributed by atoms with van der Waals surface area (Å²) in [5, 5.41) is 8.44. The molecule has 2 aromatic heterocycles. The summed E-state index contributed by atoms with van der Waals surface area (Å²) in [4.78, 5) is 5.01. The van der Waals surface area contributed by atoms with Crippen molar-refractivity contribution >= 4 is 11.5 Å². The lowest BCUT2D eigenvalue weighted by Gasteiger charge is -2.19. The fraction of sp³-hybridized carbons (Fsp3) is 0.684. The highest BCUT2D eigenvalue weighted by Gasteiger charge is 2.43. The van der Waals surface area contributed by atoms with Gasteiger partial charge < -0.3 is 5.32 Å². The van der Waals surface area contributed by atoms with Crippen molar-refractivity contribution in [2.24, 2.45) is 11.8 Å². The van der Waals surface area contributed by atoms with Gasteiger partial charge in [-0.15, -0.1) is 0 Å². The van der Waals surface area contributed by atoms with Crippen LogP contribution in [0.2, 0.25) is 0 Å². The first-order valence-corrected chi connectivity index (χ1v) is 9.42. The van der Waals surface area contributed by atoms with E-state index in [1.165, 1.54) is 57.1 Å². The van der Waals surface area contributed by atoms with Crippen LogP contribution in [0.4, 0.5) is 5.82 Å². The zero-order valence-corrected chi connectivity index (χ0v) is 14.0. The van der Waals surface area contributed by atoms with Crippen LogP contribution in [0.5, 0.6) is 0 Å². The van der Waals surface area contributed by atoms with E-state index in [1.54, 1.807) is 0 Å². The van der Waals surface area contributed by atoms with Gasteiger partial charge in [-0.3, -0.25) is 0 Å². The van der Waals surface area contributed by atoms with E-state index in [2.05, 4.69) is 29.5 Å². The molecule has 23 heavy (non-hydrogen) atoms. The van der Waals surface area contributed by atoms with Gasteiger partial charge in [-0.1, -0.05) is 12.8 Å². The smallest absolute Gasteiger partial charge is 0.157 e. The molecular formula is C19H26N4. The highest BCUT2D eigenvalue weighted by molar-refractivity contribution is 5.52. The second kappa shape index (κ2) is 5.22. The molecule has 0 saturated heterocycles. The molecule has 3 aliphatic rings. The number of hydrogen-bond donors (Lipinski definition) is 1. The van der Waals surface area contributed by atoms with Gasteiger partial charge in [0.05, 0.1) is 11.4 Å². The third kappa shape index (κ3) is 2.62. The Labute approximate surface area is 137 Å². The number of nitrogens with one attached hydrogen (secondary N) is 1. The maximum atomic E-state index is 5.01. The highest BCUT2D eigenvalue weighted by atomic mass is 15.3. The van der Waals surface area contributed by atoms with Crippen LogP contribution < -0.4 is 5.32 Å². The van der Waals surface area contributed by atoms with Crippen LogP contribution in [0.15, 0.2) is 12.1 Å². The van der Waals surface area contributed by atoms with Crippen LogP contribution in [0, 0.1) is 18.8 Å². The lowest BCUT2D eigenvalue weighted by atomic mass is 9.93. The van der Waals surface area contributed by atoms with E-state index in [1.807, 2.05) is 4.52 Å². The Bertz CT molecular complexity index is 708. The molecular weight excluding hydrogens is 284 g/mol. The van der Waals surface area contributed by atoms with Crippen molar-refractivity contribution < 1.29 is 0 Å². The first-order valence-electron chi connectivity index (χ1n) is 9.42. The maximum absolute atomic E-state index is 5.01. The Morgan fingerprint density at radius 1 is 1.04 bits per heavy atom. The predicted octanol–water partition coefficient (Wildman–Crippen LogP) is 4.30. The highest BCUT2D eigenvalue weighted by Crippen LogP contribution is 2.54. The molecule has 5 rings (SSSR count). The summed E-state index contributed by atoms with van der Waals surface area (Å²) >= 11 is 0. The van der Waals surface area contributed by atoms with Crippen molar-refractivity contribution in [2.45, 2.75) is 70.3 Å². The van der Waals surface area contributed by atoms with Crippen molar-refractivity contribution in [3.8, 4) is 0 Å². The molecule has 0 unspecified atom stereocenters. The van der Waals surface area contributed by atoms with Crippen LogP contribution in [0.25, 0.3) is 5.65 Å². The van der Waals surface area contributed by atoms with Crippen LogP contribution in [0.1, 0.15) is 68.7 Å². The molecule has 0 spiro atoms. The van der Waals surface area contributed by atoms with Crippen LogP contribution in [-0.4, -0.2) is 20.6 Å². The molecule has 1 N–H and O–H groups in total. The molecule has 3 aliphatic carbocycles. The molecule has 3 saturated carbocycles. The largest absolute Gasteiger partial charge is 0.367 e. The Balaban J connectivity index is 1.56. The van der Waals surface area contributed by atoms with Gasteiger partial charge in [0.2, 0.25) is 0 Å². The Morgan fingerprint density at radius 3 is 2.39 bits per heavy atom. The van der Waals surface area contributed by atoms with E-state index in [4.69, 9.17) is 4.98 Å². The molecule has 122 valence electrons. The molecule has 0 aliphatic heterocycles. The standard InChI is InChI=1S/C19H26N4/c1-12-10-17-21-16(19(13-6-7-13)14-8-9-14)11-18(23(17)22-12)20-15-4-2-3-5-15/h10-11,13-15,19-20H,2-9H2,1H3. The summed E-state index contributed by atoms with van der Waals surface area (Å²) in [6, 6.07) is 5.05. The number of anilines is 1. The van der Waals surface area contributed by atoms with Crippen molar-refractivity contribution in [1.29, 1.82) is 0 Å². The lowest BCUT2D eigenvalue weighted by Crippen LogP contribution is -2.18. The van der Waals surface area contributed by atoms with E-state index < -0.39 is 0 Å². The first kappa shape index (κ1) is 13.8. The van der Waals surface area contributed by atoms with E-state index >= 15 is 0 Å². The van der Waals surface area contributed by atoms with Gasteiger partial charge >= 0.3 is 0 Å². The fourth-order valence-electron chi connectivity index (χ4n) is 4.44. The van der Waals surface area contributed by atoms with E-state index in [9.17, 15) is 0 Å². The predicted molar refractivity (Wildman–Crippen MR) is 91.8 cm³/mol. The van der Waals surface area contributed by atoms with Crippen molar-refractivity contribution in [1.82, 2.24) is 14.6 Å². The lowest BCUT2D eigenvalue weighted by molar-refractivity contribution is 0.524. The van der Waals surface area contributed by atoms with E-state index in [0.29, 0.717) is 12.0 Å². The van der Waals surface area contributed by atoms with E-state index in [-0.39, 0.29) is 0 Å². The minimum atomic E-state index is 0.609. The SMILES string of the molecule is Cc1cc2nc(C(C3CC3)C3CC3)cc(NC3CCCC3)n2n1. The zero-order chi connectivity index (χ0) is 15.4. The van der Waals surface area contributed by atoms with Crippen LogP contribution >= 0.6 is 0 Å². The fourth-order valence-corrected chi connectivity index (χ4v) is 4.44. The minimum absolute atomic E-state index is 0.609. The van der Waals surface area contributed by atoms with Gasteiger partial charge in [0.1, 0.15) is 5.82 Å². The van der Waals surface area contributed by atoms with Gasteiger partial charge in [0.15, 0.2) is 5.65 Å². The molecule has 0 bridgehead atoms. The van der Waals surface area contributed by atoms with E-state index in [0.717, 1.165) is 29.0 Å². The second-order valence-electron chi connectivity index (χ2n) is 7.95. The number of aryl methyl sites for hydroxylation is 1.